The highest BCUT2D eigenvalue weighted by Crippen LogP contribution is 2.38. The number of rotatable bonds is 10. The maximum atomic E-state index is 12.2. The summed E-state index contributed by atoms with van der Waals surface area (Å²) in [5, 5.41) is 2.83. The number of carbonyl (C=O) groups excluding carboxylic acids is 2. The molecule has 0 spiro atoms. The van der Waals surface area contributed by atoms with Crippen molar-refractivity contribution in [2.45, 2.75) is 25.7 Å². The lowest BCUT2D eigenvalue weighted by Gasteiger charge is -2.14. The summed E-state index contributed by atoms with van der Waals surface area (Å²) in [6, 6.07) is 3.21. The number of esters is 1. The van der Waals surface area contributed by atoms with Gasteiger partial charge in [0.2, 0.25) is 5.75 Å². The van der Waals surface area contributed by atoms with E-state index in [1.165, 1.54) is 28.4 Å². The molecule has 134 valence electrons. The summed E-state index contributed by atoms with van der Waals surface area (Å²) in [4.78, 5) is 23.2. The van der Waals surface area contributed by atoms with Crippen LogP contribution in [0.5, 0.6) is 17.2 Å². The van der Waals surface area contributed by atoms with E-state index in [-0.39, 0.29) is 11.9 Å². The third-order valence-corrected chi connectivity index (χ3v) is 3.50. The largest absolute Gasteiger partial charge is 0.493 e. The summed E-state index contributed by atoms with van der Waals surface area (Å²) in [6.07, 6.45) is 2.77. The first kappa shape index (κ1) is 19.6. The molecule has 0 aromatic heterocycles. The Labute approximate surface area is 142 Å². The van der Waals surface area contributed by atoms with Gasteiger partial charge in [-0.15, -0.1) is 0 Å². The number of amides is 1. The Balaban J connectivity index is 2.54. The molecule has 0 aliphatic carbocycles. The SMILES string of the molecule is COC(=O)CCCCCNC(=O)c1cc(OC)c(OC)c(OC)c1. The van der Waals surface area contributed by atoms with Crippen LogP contribution in [0, 0.1) is 0 Å². The first-order valence-corrected chi connectivity index (χ1v) is 7.72. The Kier molecular flexibility index (Phi) is 8.46. The Hall–Kier alpha value is -2.44. The minimum atomic E-state index is -0.220. The zero-order valence-corrected chi connectivity index (χ0v) is 14.6. The maximum absolute atomic E-state index is 12.2. The number of methoxy groups -OCH3 is 4. The van der Waals surface area contributed by atoms with Crippen molar-refractivity contribution in [2.24, 2.45) is 0 Å². The van der Waals surface area contributed by atoms with E-state index in [1.54, 1.807) is 12.1 Å². The van der Waals surface area contributed by atoms with Gasteiger partial charge in [0.05, 0.1) is 28.4 Å². The standard InChI is InChI=1S/C17H25NO6/c1-21-13-10-12(11-14(22-2)16(13)24-4)17(20)18-9-7-5-6-8-15(19)23-3/h10-11H,5-9H2,1-4H3,(H,18,20). The van der Waals surface area contributed by atoms with Crippen LogP contribution >= 0.6 is 0 Å². The van der Waals surface area contributed by atoms with Crippen LogP contribution in [0.3, 0.4) is 0 Å². The molecule has 0 atom stereocenters. The van der Waals surface area contributed by atoms with Crippen molar-refractivity contribution in [2.75, 3.05) is 35.0 Å². The van der Waals surface area contributed by atoms with Gasteiger partial charge >= 0.3 is 5.97 Å². The van der Waals surface area contributed by atoms with Gasteiger partial charge in [0, 0.05) is 18.5 Å². The second-order valence-electron chi connectivity index (χ2n) is 5.06. The molecular weight excluding hydrogens is 314 g/mol. The fourth-order valence-corrected chi connectivity index (χ4v) is 2.19. The van der Waals surface area contributed by atoms with Crippen molar-refractivity contribution in [1.82, 2.24) is 5.32 Å². The minimum absolute atomic E-state index is 0.212. The third-order valence-electron chi connectivity index (χ3n) is 3.50. The Bertz CT molecular complexity index is 533. The van der Waals surface area contributed by atoms with Crippen molar-refractivity contribution in [3.8, 4) is 17.2 Å². The van der Waals surface area contributed by atoms with Gasteiger partial charge in [-0.05, 0) is 25.0 Å². The number of unbranched alkanes of at least 4 members (excludes halogenated alkanes) is 2. The summed E-state index contributed by atoms with van der Waals surface area (Å²) in [5.74, 6) is 0.873. The monoisotopic (exact) mass is 339 g/mol. The average Bonchev–Trinajstić information content (AvgIpc) is 2.62. The topological polar surface area (TPSA) is 83.1 Å². The first-order chi connectivity index (χ1) is 11.6. The zero-order chi connectivity index (χ0) is 17.9. The summed E-state index contributed by atoms with van der Waals surface area (Å²) in [6.45, 7) is 0.524. The van der Waals surface area contributed by atoms with E-state index in [9.17, 15) is 9.59 Å². The van der Waals surface area contributed by atoms with Crippen molar-refractivity contribution in [3.05, 3.63) is 17.7 Å². The van der Waals surface area contributed by atoms with E-state index in [0.29, 0.717) is 35.8 Å². The van der Waals surface area contributed by atoms with E-state index < -0.39 is 0 Å². The van der Waals surface area contributed by atoms with Crippen LogP contribution in [0.1, 0.15) is 36.0 Å². The van der Waals surface area contributed by atoms with Gasteiger partial charge < -0.3 is 24.3 Å². The highest BCUT2D eigenvalue weighted by atomic mass is 16.5. The van der Waals surface area contributed by atoms with E-state index in [4.69, 9.17) is 14.2 Å². The van der Waals surface area contributed by atoms with Crippen LogP contribution in [0.2, 0.25) is 0 Å². The zero-order valence-electron chi connectivity index (χ0n) is 14.6. The van der Waals surface area contributed by atoms with Gasteiger partial charge in [0.25, 0.3) is 5.91 Å². The van der Waals surface area contributed by atoms with Gasteiger partial charge in [-0.1, -0.05) is 6.42 Å². The molecular formula is C17H25NO6. The van der Waals surface area contributed by atoms with Crippen molar-refractivity contribution in [1.29, 1.82) is 0 Å². The van der Waals surface area contributed by atoms with Crippen molar-refractivity contribution >= 4 is 11.9 Å². The summed E-state index contributed by atoms with van der Waals surface area (Å²) >= 11 is 0. The molecule has 7 nitrogen and oxygen atoms in total. The lowest BCUT2D eigenvalue weighted by molar-refractivity contribution is -0.140. The van der Waals surface area contributed by atoms with Crippen LogP contribution in [0.4, 0.5) is 0 Å². The fraction of sp³-hybridized carbons (Fsp3) is 0.529. The molecule has 24 heavy (non-hydrogen) atoms. The predicted molar refractivity (Wildman–Crippen MR) is 88.9 cm³/mol. The van der Waals surface area contributed by atoms with Crippen molar-refractivity contribution in [3.63, 3.8) is 0 Å². The molecule has 0 fully saturated rings. The summed E-state index contributed by atoms with van der Waals surface area (Å²) in [5.41, 5.74) is 0.430. The molecule has 0 saturated heterocycles. The van der Waals surface area contributed by atoms with E-state index >= 15 is 0 Å². The highest BCUT2D eigenvalue weighted by Gasteiger charge is 2.16. The molecule has 0 bridgehead atoms. The molecule has 1 amide bonds. The highest BCUT2D eigenvalue weighted by molar-refractivity contribution is 5.95. The molecule has 0 radical (unpaired) electrons. The van der Waals surface area contributed by atoms with Crippen LogP contribution in [0.15, 0.2) is 12.1 Å². The fourth-order valence-electron chi connectivity index (χ4n) is 2.19. The van der Waals surface area contributed by atoms with Crippen LogP contribution in [-0.4, -0.2) is 46.9 Å². The molecule has 7 heteroatoms. The number of carbonyl (C=O) groups is 2. The third kappa shape index (κ3) is 5.64. The molecule has 1 aromatic rings. The summed E-state index contributed by atoms with van der Waals surface area (Å²) < 4.78 is 20.3. The molecule has 0 aliphatic heterocycles. The Morgan fingerprint density at radius 2 is 1.54 bits per heavy atom. The normalized spacial score (nSPS) is 10.0. The van der Waals surface area contributed by atoms with Gasteiger partial charge in [-0.2, -0.15) is 0 Å². The molecule has 1 rings (SSSR count). The number of hydrogen-bond donors (Lipinski definition) is 1. The smallest absolute Gasteiger partial charge is 0.305 e. The van der Waals surface area contributed by atoms with Crippen molar-refractivity contribution < 1.29 is 28.5 Å². The van der Waals surface area contributed by atoms with Crippen LogP contribution in [0.25, 0.3) is 0 Å². The number of ether oxygens (including phenoxy) is 4. The minimum Gasteiger partial charge on any atom is -0.493 e. The lowest BCUT2D eigenvalue weighted by atomic mass is 10.1. The molecule has 0 heterocycles. The second-order valence-corrected chi connectivity index (χ2v) is 5.06. The Morgan fingerprint density at radius 3 is 2.04 bits per heavy atom. The number of hydrogen-bond acceptors (Lipinski definition) is 6. The van der Waals surface area contributed by atoms with E-state index in [2.05, 4.69) is 10.1 Å². The van der Waals surface area contributed by atoms with Crippen LogP contribution < -0.4 is 19.5 Å². The molecule has 1 aromatic carbocycles. The lowest BCUT2D eigenvalue weighted by Crippen LogP contribution is -2.24. The van der Waals surface area contributed by atoms with Gasteiger partial charge in [-0.25, -0.2) is 0 Å². The molecule has 0 unspecified atom stereocenters. The van der Waals surface area contributed by atoms with Gasteiger partial charge in [-0.3, -0.25) is 9.59 Å². The van der Waals surface area contributed by atoms with E-state index in [1.807, 2.05) is 0 Å². The quantitative estimate of drug-likeness (QED) is 0.520. The summed E-state index contributed by atoms with van der Waals surface area (Å²) in [7, 11) is 5.88. The molecule has 0 saturated carbocycles. The van der Waals surface area contributed by atoms with Crippen LogP contribution in [-0.2, 0) is 9.53 Å². The predicted octanol–water partition coefficient (Wildman–Crippen LogP) is 2.18. The number of nitrogens with one attached hydrogen (secondary N) is 1. The second kappa shape index (κ2) is 10.4. The molecule has 0 aliphatic rings. The van der Waals surface area contributed by atoms with E-state index in [0.717, 1.165) is 19.3 Å². The number of benzene rings is 1. The average molecular weight is 339 g/mol. The Morgan fingerprint density at radius 1 is 0.917 bits per heavy atom. The first-order valence-electron chi connectivity index (χ1n) is 7.72. The maximum Gasteiger partial charge on any atom is 0.305 e. The van der Waals surface area contributed by atoms with Gasteiger partial charge in [0.15, 0.2) is 11.5 Å². The molecule has 1 N–H and O–H groups in total. The van der Waals surface area contributed by atoms with Gasteiger partial charge in [0.1, 0.15) is 0 Å².